The lowest BCUT2D eigenvalue weighted by Gasteiger charge is -2.45. The van der Waals surface area contributed by atoms with Crippen LogP contribution in [-0.4, -0.2) is 11.9 Å². The van der Waals surface area contributed by atoms with Gasteiger partial charge in [-0.2, -0.15) is 0 Å². The van der Waals surface area contributed by atoms with Gasteiger partial charge < -0.3 is 10.6 Å². The summed E-state index contributed by atoms with van der Waals surface area (Å²) < 4.78 is 0. The van der Waals surface area contributed by atoms with Gasteiger partial charge in [0.1, 0.15) is 6.04 Å². The highest BCUT2D eigenvalue weighted by Crippen LogP contribution is 2.38. The van der Waals surface area contributed by atoms with Gasteiger partial charge >= 0.3 is 0 Å². The number of nitrogens with zero attached hydrogens (tertiary/aromatic N) is 1. The van der Waals surface area contributed by atoms with Crippen LogP contribution >= 0.6 is 11.6 Å². The molecule has 3 nitrogen and oxygen atoms in total. The van der Waals surface area contributed by atoms with Gasteiger partial charge in [-0.3, -0.25) is 4.79 Å². The van der Waals surface area contributed by atoms with E-state index in [1.165, 1.54) is 5.56 Å². The van der Waals surface area contributed by atoms with Crippen LogP contribution in [0.5, 0.6) is 0 Å². The normalized spacial score (nSPS) is 21.3. The maximum atomic E-state index is 12.2. The highest BCUT2D eigenvalue weighted by Gasteiger charge is 2.46. The van der Waals surface area contributed by atoms with E-state index in [9.17, 15) is 4.79 Å². The summed E-state index contributed by atoms with van der Waals surface area (Å²) in [4.78, 5) is 13.9. The lowest BCUT2D eigenvalue weighted by atomic mass is 9.88. The van der Waals surface area contributed by atoms with Crippen molar-refractivity contribution < 1.29 is 4.79 Å². The maximum absolute atomic E-state index is 12.2. The number of β-lactam (4-membered cyclic amide) rings is 1. The minimum atomic E-state index is -0.505. The summed E-state index contributed by atoms with van der Waals surface area (Å²) in [5.41, 5.74) is 9.09. The summed E-state index contributed by atoms with van der Waals surface area (Å²) >= 11 is 6.04. The second-order valence-corrected chi connectivity index (χ2v) is 5.69. The molecule has 0 aliphatic carbocycles. The average Bonchev–Trinajstić information content (AvgIpc) is 2.51. The van der Waals surface area contributed by atoms with Crippen LogP contribution < -0.4 is 10.6 Å². The Morgan fingerprint density at radius 1 is 1.19 bits per heavy atom. The van der Waals surface area contributed by atoms with Crippen molar-refractivity contribution in [2.45, 2.75) is 25.4 Å². The van der Waals surface area contributed by atoms with Crippen LogP contribution in [0, 0.1) is 0 Å². The van der Waals surface area contributed by atoms with Crippen molar-refractivity contribution in [1.29, 1.82) is 0 Å². The van der Waals surface area contributed by atoms with Crippen LogP contribution in [0.3, 0.4) is 0 Å². The molecule has 2 aromatic rings. The van der Waals surface area contributed by atoms with Crippen LogP contribution in [0.25, 0.3) is 0 Å². The summed E-state index contributed by atoms with van der Waals surface area (Å²) in [6, 6.07) is 14.9. The number of carbonyl (C=O) groups excluding carboxylic acids is 1. The molecule has 2 atom stereocenters. The van der Waals surface area contributed by atoms with E-state index in [0.717, 1.165) is 17.7 Å². The van der Waals surface area contributed by atoms with Crippen molar-refractivity contribution in [2.75, 3.05) is 4.90 Å². The van der Waals surface area contributed by atoms with Crippen LogP contribution in [0.2, 0.25) is 5.02 Å². The summed E-state index contributed by atoms with van der Waals surface area (Å²) in [5, 5.41) is 0.653. The molecule has 1 amide bonds. The van der Waals surface area contributed by atoms with Crippen molar-refractivity contribution in [3.05, 3.63) is 64.7 Å². The minimum absolute atomic E-state index is 0.0516. The molecule has 0 spiro atoms. The van der Waals surface area contributed by atoms with Crippen molar-refractivity contribution in [1.82, 2.24) is 0 Å². The molecule has 1 heterocycles. The third-order valence-electron chi connectivity index (χ3n) is 3.95. The molecule has 0 bridgehead atoms. The number of nitrogens with two attached hydrogens (primary N) is 1. The van der Waals surface area contributed by atoms with Crippen LogP contribution in [-0.2, 0) is 11.2 Å². The molecule has 3 rings (SSSR count). The predicted molar refractivity (Wildman–Crippen MR) is 85.5 cm³/mol. The molecule has 1 aliphatic heterocycles. The fraction of sp³-hybridized carbons (Fsp3) is 0.235. The van der Waals surface area contributed by atoms with Crippen molar-refractivity contribution in [3.63, 3.8) is 0 Å². The Hall–Kier alpha value is -1.84. The molecule has 1 fully saturated rings. The quantitative estimate of drug-likeness (QED) is 0.884. The number of rotatable bonds is 3. The molecule has 1 saturated heterocycles. The Bertz CT molecular complexity index is 669. The molecule has 0 saturated carbocycles. The molecule has 108 valence electrons. The Morgan fingerprint density at radius 3 is 2.52 bits per heavy atom. The molecule has 0 radical (unpaired) electrons. The van der Waals surface area contributed by atoms with Gasteiger partial charge in [0.2, 0.25) is 5.91 Å². The molecule has 2 N–H and O–H groups in total. The minimum Gasteiger partial charge on any atom is -0.318 e. The van der Waals surface area contributed by atoms with E-state index in [-0.39, 0.29) is 11.9 Å². The lowest BCUT2D eigenvalue weighted by Crippen LogP contribution is -2.63. The predicted octanol–water partition coefficient (Wildman–Crippen LogP) is 3.32. The van der Waals surface area contributed by atoms with E-state index in [1.54, 1.807) is 4.90 Å². The molecular weight excluding hydrogens is 284 g/mol. The smallest absolute Gasteiger partial charge is 0.247 e. The van der Waals surface area contributed by atoms with Crippen molar-refractivity contribution in [3.8, 4) is 0 Å². The standard InChI is InChI=1S/C17H17ClN2O/c1-2-11-6-8-14(9-7-11)20-16(15(19)17(20)21)12-4-3-5-13(18)10-12/h3-10,15-16H,2,19H2,1H3/t15-,16-/m1/s1. The summed E-state index contributed by atoms with van der Waals surface area (Å²) in [6.45, 7) is 2.11. The zero-order valence-electron chi connectivity index (χ0n) is 11.8. The molecular formula is C17H17ClN2O. The first-order valence-corrected chi connectivity index (χ1v) is 7.42. The fourth-order valence-corrected chi connectivity index (χ4v) is 2.94. The van der Waals surface area contributed by atoms with Crippen molar-refractivity contribution >= 4 is 23.2 Å². The number of carbonyl (C=O) groups is 1. The Kier molecular flexibility index (Phi) is 3.70. The van der Waals surface area contributed by atoms with Crippen LogP contribution in [0.1, 0.15) is 24.1 Å². The number of halogens is 1. The van der Waals surface area contributed by atoms with Crippen molar-refractivity contribution in [2.24, 2.45) is 5.73 Å². The second-order valence-electron chi connectivity index (χ2n) is 5.25. The first kappa shape index (κ1) is 14.1. The molecule has 1 aliphatic rings. The topological polar surface area (TPSA) is 46.3 Å². The van der Waals surface area contributed by atoms with Gasteiger partial charge in [0, 0.05) is 10.7 Å². The van der Waals surface area contributed by atoms with Gasteiger partial charge in [0.15, 0.2) is 0 Å². The van der Waals surface area contributed by atoms with Gasteiger partial charge in [-0.25, -0.2) is 0 Å². The first-order valence-electron chi connectivity index (χ1n) is 7.05. The van der Waals surface area contributed by atoms with Crippen LogP contribution in [0.4, 0.5) is 5.69 Å². The molecule has 4 heteroatoms. The molecule has 2 aromatic carbocycles. The van der Waals surface area contributed by atoms with E-state index in [2.05, 4.69) is 6.92 Å². The Balaban J connectivity index is 1.94. The van der Waals surface area contributed by atoms with Gasteiger partial charge in [0.05, 0.1) is 6.04 Å². The highest BCUT2D eigenvalue weighted by atomic mass is 35.5. The number of benzene rings is 2. The van der Waals surface area contributed by atoms with Gasteiger partial charge in [-0.15, -0.1) is 0 Å². The largest absolute Gasteiger partial charge is 0.318 e. The number of hydrogen-bond acceptors (Lipinski definition) is 2. The second kappa shape index (κ2) is 5.51. The molecule has 0 aromatic heterocycles. The monoisotopic (exact) mass is 300 g/mol. The third kappa shape index (κ3) is 2.43. The molecule has 0 unspecified atom stereocenters. The lowest BCUT2D eigenvalue weighted by molar-refractivity contribution is -0.126. The number of amides is 1. The molecule has 21 heavy (non-hydrogen) atoms. The average molecular weight is 301 g/mol. The van der Waals surface area contributed by atoms with E-state index >= 15 is 0 Å². The summed E-state index contributed by atoms with van der Waals surface area (Å²) in [7, 11) is 0. The number of hydrogen-bond donors (Lipinski definition) is 1. The SMILES string of the molecule is CCc1ccc(N2C(=O)[C@H](N)[C@H]2c2cccc(Cl)c2)cc1. The van der Waals surface area contributed by atoms with E-state index < -0.39 is 6.04 Å². The van der Waals surface area contributed by atoms with Gasteiger partial charge in [0.25, 0.3) is 0 Å². The number of aryl methyl sites for hydroxylation is 1. The number of anilines is 1. The maximum Gasteiger partial charge on any atom is 0.247 e. The Morgan fingerprint density at radius 2 is 1.90 bits per heavy atom. The zero-order chi connectivity index (χ0) is 15.0. The van der Waals surface area contributed by atoms with Crippen LogP contribution in [0.15, 0.2) is 48.5 Å². The van der Waals surface area contributed by atoms with E-state index in [0.29, 0.717) is 5.02 Å². The highest BCUT2D eigenvalue weighted by molar-refractivity contribution is 6.30. The van der Waals surface area contributed by atoms with E-state index in [1.807, 2.05) is 48.5 Å². The zero-order valence-corrected chi connectivity index (χ0v) is 12.5. The third-order valence-corrected chi connectivity index (χ3v) is 4.19. The summed E-state index contributed by atoms with van der Waals surface area (Å²) in [5.74, 6) is -0.0516. The van der Waals surface area contributed by atoms with Gasteiger partial charge in [-0.1, -0.05) is 42.8 Å². The fourth-order valence-electron chi connectivity index (χ4n) is 2.74. The van der Waals surface area contributed by atoms with E-state index in [4.69, 9.17) is 17.3 Å². The summed E-state index contributed by atoms with van der Waals surface area (Å²) in [6.07, 6.45) is 0.978. The van der Waals surface area contributed by atoms with Gasteiger partial charge in [-0.05, 0) is 41.8 Å². The Labute approximate surface area is 129 Å². The first-order chi connectivity index (χ1) is 10.1.